The first-order valence-corrected chi connectivity index (χ1v) is 12.3. The number of aliphatic imine (C=N–C) groups is 1. The minimum Gasteiger partial charge on any atom is -0.353 e. The maximum Gasteiger partial charge on any atom is 0.328 e. The Morgan fingerprint density at radius 1 is 1.11 bits per heavy atom. The van der Waals surface area contributed by atoms with Crippen molar-refractivity contribution in [1.29, 1.82) is 0 Å². The van der Waals surface area contributed by atoms with Gasteiger partial charge in [-0.25, -0.2) is 9.79 Å². The molecule has 1 N–H and O–H groups in total. The lowest BCUT2D eigenvalue weighted by molar-refractivity contribution is -0.118. The van der Waals surface area contributed by atoms with Gasteiger partial charge in [0.1, 0.15) is 12.8 Å². The molecule has 10 heteroatoms. The van der Waals surface area contributed by atoms with Crippen LogP contribution >= 0.6 is 11.6 Å². The molecule has 2 atom stereocenters. The molecule has 0 spiro atoms. The molecule has 36 heavy (non-hydrogen) atoms. The van der Waals surface area contributed by atoms with Crippen molar-refractivity contribution in [3.63, 3.8) is 0 Å². The second-order valence-electron chi connectivity index (χ2n) is 8.77. The molecular weight excluding hydrogens is 482 g/mol. The Morgan fingerprint density at radius 2 is 1.86 bits per heavy atom. The number of hydrogen-bond acceptors (Lipinski definition) is 6. The molecule has 188 valence electrons. The first-order valence-electron chi connectivity index (χ1n) is 11.9. The van der Waals surface area contributed by atoms with Gasteiger partial charge in [0.15, 0.2) is 6.29 Å². The Hall–Kier alpha value is -3.40. The van der Waals surface area contributed by atoms with Crippen LogP contribution in [0.2, 0.25) is 5.02 Å². The Morgan fingerprint density at radius 3 is 2.53 bits per heavy atom. The quantitative estimate of drug-likeness (QED) is 0.558. The molecule has 3 amide bonds. The summed E-state index contributed by atoms with van der Waals surface area (Å²) in [5, 5.41) is 3.92. The summed E-state index contributed by atoms with van der Waals surface area (Å²) in [7, 11) is 1.61. The van der Waals surface area contributed by atoms with E-state index in [-0.39, 0.29) is 31.0 Å². The van der Waals surface area contributed by atoms with Crippen molar-refractivity contribution in [3.05, 3.63) is 70.9 Å². The van der Waals surface area contributed by atoms with Crippen LogP contribution in [0.3, 0.4) is 0 Å². The maximum absolute atomic E-state index is 13.1. The van der Waals surface area contributed by atoms with E-state index in [0.717, 1.165) is 22.5 Å². The van der Waals surface area contributed by atoms with Gasteiger partial charge in [-0.05, 0) is 60.9 Å². The van der Waals surface area contributed by atoms with Crippen molar-refractivity contribution in [1.82, 2.24) is 9.80 Å². The number of guanidine groups is 1. The van der Waals surface area contributed by atoms with E-state index in [2.05, 4.69) is 10.3 Å². The van der Waals surface area contributed by atoms with Gasteiger partial charge in [-0.1, -0.05) is 23.7 Å². The van der Waals surface area contributed by atoms with Crippen LogP contribution in [0.15, 0.2) is 65.3 Å². The van der Waals surface area contributed by atoms with Crippen LogP contribution in [0, 0.1) is 0 Å². The van der Waals surface area contributed by atoms with Crippen LogP contribution in [-0.2, 0) is 20.8 Å². The molecule has 3 heterocycles. The number of carbonyl (C=O) groups excluding carboxylic acids is 2. The van der Waals surface area contributed by atoms with E-state index in [0.29, 0.717) is 36.9 Å². The molecular formula is C26H28ClN5O4. The second-order valence-corrected chi connectivity index (χ2v) is 9.21. The van der Waals surface area contributed by atoms with E-state index >= 15 is 0 Å². The Balaban J connectivity index is 1.32. The van der Waals surface area contributed by atoms with Crippen LogP contribution in [0.25, 0.3) is 0 Å². The van der Waals surface area contributed by atoms with Gasteiger partial charge < -0.3 is 19.7 Å². The van der Waals surface area contributed by atoms with E-state index in [1.165, 1.54) is 0 Å². The highest BCUT2D eigenvalue weighted by Gasteiger charge is 2.43. The molecule has 2 aromatic rings. The zero-order valence-electron chi connectivity index (χ0n) is 20.2. The van der Waals surface area contributed by atoms with Crippen molar-refractivity contribution in [2.24, 2.45) is 4.99 Å². The van der Waals surface area contributed by atoms with Crippen molar-refractivity contribution in [2.75, 3.05) is 30.5 Å². The monoisotopic (exact) mass is 509 g/mol. The third-order valence-corrected chi connectivity index (χ3v) is 6.68. The summed E-state index contributed by atoms with van der Waals surface area (Å²) in [5.41, 5.74) is 3.51. The minimum absolute atomic E-state index is 0.0325. The van der Waals surface area contributed by atoms with E-state index in [1.54, 1.807) is 33.9 Å². The highest BCUT2D eigenvalue weighted by molar-refractivity contribution is 6.30. The van der Waals surface area contributed by atoms with E-state index in [4.69, 9.17) is 21.1 Å². The molecule has 3 aliphatic heterocycles. The zero-order chi connectivity index (χ0) is 25.2. The summed E-state index contributed by atoms with van der Waals surface area (Å²) in [6.07, 6.45) is 2.65. The van der Waals surface area contributed by atoms with Crippen LogP contribution in [0.5, 0.6) is 0 Å². The first kappa shape index (κ1) is 24.3. The van der Waals surface area contributed by atoms with Gasteiger partial charge in [-0.15, -0.1) is 0 Å². The number of urea groups is 1. The van der Waals surface area contributed by atoms with Gasteiger partial charge >= 0.3 is 6.03 Å². The normalized spacial score (nSPS) is 21.9. The molecule has 3 aliphatic rings. The second kappa shape index (κ2) is 10.3. The Kier molecular flexibility index (Phi) is 6.95. The van der Waals surface area contributed by atoms with Crippen molar-refractivity contribution >= 4 is 40.9 Å². The van der Waals surface area contributed by atoms with Gasteiger partial charge in [-0.3, -0.25) is 14.6 Å². The summed E-state index contributed by atoms with van der Waals surface area (Å²) < 4.78 is 10.8. The Bertz CT molecular complexity index is 1200. The lowest BCUT2D eigenvalue weighted by Crippen LogP contribution is -2.52. The summed E-state index contributed by atoms with van der Waals surface area (Å²) in [6.45, 7) is 3.14. The molecule has 9 nitrogen and oxygen atoms in total. The number of nitrogens with zero attached hydrogens (tertiary/aromatic N) is 4. The number of methoxy groups -OCH3 is 1. The lowest BCUT2D eigenvalue weighted by Gasteiger charge is -2.34. The molecule has 2 aromatic carbocycles. The highest BCUT2D eigenvalue weighted by Crippen LogP contribution is 2.35. The molecule has 1 saturated heterocycles. The summed E-state index contributed by atoms with van der Waals surface area (Å²) in [5.74, 6) is 0.505. The molecule has 0 aromatic heterocycles. The number of halogens is 1. The van der Waals surface area contributed by atoms with Crippen molar-refractivity contribution < 1.29 is 19.1 Å². The largest absolute Gasteiger partial charge is 0.353 e. The third kappa shape index (κ3) is 5.09. The fraction of sp³-hybridized carbons (Fsp3) is 0.346. The van der Waals surface area contributed by atoms with Gasteiger partial charge in [0, 0.05) is 42.7 Å². The molecule has 0 aliphatic carbocycles. The SMILES string of the molecule is CCN1CN=C(Nc2ccc(N3C=C(C4OC4OC)CCC3=O)cc2)N(Cc2ccc(Cl)cc2)C1=O. The number of hydrogen-bond donors (Lipinski definition) is 1. The fourth-order valence-corrected chi connectivity index (χ4v) is 4.43. The lowest BCUT2D eigenvalue weighted by atomic mass is 10.0. The average molecular weight is 510 g/mol. The van der Waals surface area contributed by atoms with Crippen molar-refractivity contribution in [2.45, 2.75) is 38.7 Å². The number of nitrogens with one attached hydrogen (secondary N) is 1. The average Bonchev–Trinajstić information content (AvgIpc) is 3.68. The molecule has 0 bridgehead atoms. The van der Waals surface area contributed by atoms with Crippen LogP contribution in [0.1, 0.15) is 25.3 Å². The Labute approximate surface area is 214 Å². The number of anilines is 2. The molecule has 1 fully saturated rings. The minimum atomic E-state index is -0.226. The first-order chi connectivity index (χ1) is 17.5. The number of amides is 3. The van der Waals surface area contributed by atoms with Gasteiger partial charge in [0.05, 0.1) is 6.54 Å². The van der Waals surface area contributed by atoms with E-state index < -0.39 is 0 Å². The predicted molar refractivity (Wildman–Crippen MR) is 138 cm³/mol. The number of rotatable bonds is 7. The maximum atomic E-state index is 13.1. The smallest absolute Gasteiger partial charge is 0.328 e. The molecule has 0 saturated carbocycles. The number of epoxide rings is 1. The molecule has 2 unspecified atom stereocenters. The summed E-state index contributed by atoms with van der Waals surface area (Å²) >= 11 is 6.02. The fourth-order valence-electron chi connectivity index (χ4n) is 4.30. The number of benzene rings is 2. The van der Waals surface area contributed by atoms with E-state index in [9.17, 15) is 9.59 Å². The highest BCUT2D eigenvalue weighted by atomic mass is 35.5. The summed E-state index contributed by atoms with van der Waals surface area (Å²) in [4.78, 5) is 35.2. The van der Waals surface area contributed by atoms with Crippen LogP contribution in [0.4, 0.5) is 16.2 Å². The van der Waals surface area contributed by atoms with Crippen LogP contribution in [-0.4, -0.2) is 60.4 Å². The standard InChI is InChI=1S/C26H28ClN5O4/c1-3-30-16-28-25(32(26(30)34)14-17-4-7-19(27)8-5-17)29-20-9-11-21(12-10-20)31-15-18(6-13-22(31)33)23-24(35-2)36-23/h4-5,7-12,15,23-24H,3,6,13-14,16H2,1-2H3,(H,28,29). The van der Waals surface area contributed by atoms with Gasteiger partial charge in [-0.2, -0.15) is 0 Å². The molecule has 0 radical (unpaired) electrons. The third-order valence-electron chi connectivity index (χ3n) is 6.43. The zero-order valence-corrected chi connectivity index (χ0v) is 20.9. The van der Waals surface area contributed by atoms with Crippen molar-refractivity contribution in [3.8, 4) is 0 Å². The van der Waals surface area contributed by atoms with E-state index in [1.807, 2.05) is 49.5 Å². The predicted octanol–water partition coefficient (Wildman–Crippen LogP) is 4.41. The number of carbonyl (C=O) groups is 2. The van der Waals surface area contributed by atoms with Gasteiger partial charge in [0.25, 0.3) is 0 Å². The van der Waals surface area contributed by atoms with Crippen LogP contribution < -0.4 is 10.2 Å². The number of ether oxygens (including phenoxy) is 2. The molecule has 5 rings (SSSR count). The van der Waals surface area contributed by atoms with Gasteiger partial charge in [0.2, 0.25) is 11.9 Å². The topological polar surface area (TPSA) is 90.0 Å². The summed E-state index contributed by atoms with van der Waals surface area (Å²) in [6, 6.07) is 14.8.